The number of nitrogens with zero attached hydrogens (tertiary/aromatic N) is 2. The van der Waals surface area contributed by atoms with Gasteiger partial charge < -0.3 is 20.0 Å². The summed E-state index contributed by atoms with van der Waals surface area (Å²) in [5.74, 6) is -2.59. The van der Waals surface area contributed by atoms with Crippen LogP contribution in [0.2, 0.25) is 0 Å². The fourth-order valence-corrected chi connectivity index (χ4v) is 1.73. The van der Waals surface area contributed by atoms with E-state index < -0.39 is 23.5 Å². The van der Waals surface area contributed by atoms with Crippen LogP contribution in [0.1, 0.15) is 20.8 Å². The molecule has 26 heavy (non-hydrogen) atoms. The van der Waals surface area contributed by atoms with Gasteiger partial charge in [0.1, 0.15) is 5.75 Å². The van der Waals surface area contributed by atoms with E-state index >= 15 is 0 Å². The first-order valence-electron chi connectivity index (χ1n) is 7.71. The van der Waals surface area contributed by atoms with Crippen LogP contribution in [-0.2, 0) is 19.1 Å². The van der Waals surface area contributed by atoms with Crippen molar-refractivity contribution in [3.8, 4) is 5.75 Å². The summed E-state index contributed by atoms with van der Waals surface area (Å²) in [6.45, 7) is 5.12. The summed E-state index contributed by atoms with van der Waals surface area (Å²) < 4.78 is 10.0. The fourth-order valence-electron chi connectivity index (χ4n) is 1.73. The lowest BCUT2D eigenvalue weighted by atomic mass is 10.2. The molecule has 2 amide bonds. The molecule has 0 bridgehead atoms. The molecule has 0 aliphatic rings. The number of carbonyl (C=O) groups is 3. The van der Waals surface area contributed by atoms with Gasteiger partial charge in [-0.1, -0.05) is 17.3 Å². The molecule has 140 valence electrons. The molecule has 0 unspecified atom stereocenters. The molecular formula is C16H20N4O6. The Hall–Kier alpha value is -3.43. The first-order valence-corrected chi connectivity index (χ1v) is 7.71. The summed E-state index contributed by atoms with van der Waals surface area (Å²) in [4.78, 5) is 35.3. The maximum Gasteiger partial charge on any atom is 0.362 e. The zero-order valence-electron chi connectivity index (χ0n) is 14.6. The van der Waals surface area contributed by atoms with Crippen molar-refractivity contribution in [2.24, 2.45) is 10.3 Å². The number of hydrazone groups is 1. The van der Waals surface area contributed by atoms with Crippen LogP contribution in [-0.4, -0.2) is 47.6 Å². The molecule has 0 saturated carbocycles. The molecule has 10 nitrogen and oxygen atoms in total. The molecule has 0 saturated heterocycles. The highest BCUT2D eigenvalue weighted by Gasteiger charge is 2.19. The molecule has 0 radical (unpaired) electrons. The molecule has 3 N–H and O–H groups in total. The van der Waals surface area contributed by atoms with E-state index in [1.54, 1.807) is 38.1 Å². The normalized spacial score (nSPS) is 11.5. The number of esters is 1. The number of amides is 2. The van der Waals surface area contributed by atoms with Gasteiger partial charge >= 0.3 is 17.8 Å². The summed E-state index contributed by atoms with van der Waals surface area (Å²) in [6, 6.07) is 6.60. The minimum absolute atomic E-state index is 0.0686. The first-order chi connectivity index (χ1) is 12.4. The minimum Gasteiger partial charge on any atom is -0.492 e. The Balaban J connectivity index is 2.75. The number of oxime groups is 1. The average Bonchev–Trinajstić information content (AvgIpc) is 2.62. The largest absolute Gasteiger partial charge is 0.492 e. The van der Waals surface area contributed by atoms with Crippen LogP contribution in [0.5, 0.6) is 5.75 Å². The summed E-state index contributed by atoms with van der Waals surface area (Å²) >= 11 is 0. The van der Waals surface area contributed by atoms with E-state index in [9.17, 15) is 14.4 Å². The quantitative estimate of drug-likeness (QED) is 0.216. The maximum atomic E-state index is 11.9. The zero-order chi connectivity index (χ0) is 19.5. The van der Waals surface area contributed by atoms with Gasteiger partial charge in [-0.25, -0.2) is 10.2 Å². The van der Waals surface area contributed by atoms with Crippen molar-refractivity contribution in [3.05, 3.63) is 24.3 Å². The van der Waals surface area contributed by atoms with Crippen molar-refractivity contribution < 1.29 is 29.1 Å². The van der Waals surface area contributed by atoms with Crippen molar-refractivity contribution in [1.82, 2.24) is 5.43 Å². The molecule has 0 aliphatic carbocycles. The molecule has 0 heterocycles. The Labute approximate surface area is 149 Å². The zero-order valence-corrected chi connectivity index (χ0v) is 14.6. The molecule has 1 aromatic carbocycles. The van der Waals surface area contributed by atoms with Gasteiger partial charge in [-0.3, -0.25) is 9.59 Å². The number of hydrogen-bond donors (Lipinski definition) is 3. The summed E-state index contributed by atoms with van der Waals surface area (Å²) in [5, 5.41) is 17.6. The van der Waals surface area contributed by atoms with Gasteiger partial charge in [-0.2, -0.15) is 5.10 Å². The Morgan fingerprint density at radius 2 is 1.81 bits per heavy atom. The Morgan fingerprint density at radius 1 is 1.12 bits per heavy atom. The lowest BCUT2D eigenvalue weighted by Crippen LogP contribution is -2.34. The number of para-hydroxylation sites is 2. The number of benzene rings is 1. The number of anilines is 1. The number of carbonyl (C=O) groups excluding carboxylic acids is 3. The third kappa shape index (κ3) is 5.89. The fraction of sp³-hybridized carbons (Fsp3) is 0.312. The van der Waals surface area contributed by atoms with Crippen LogP contribution in [0, 0.1) is 0 Å². The first kappa shape index (κ1) is 20.6. The molecular weight excluding hydrogens is 344 g/mol. The van der Waals surface area contributed by atoms with E-state index in [-0.39, 0.29) is 12.3 Å². The van der Waals surface area contributed by atoms with Crippen molar-refractivity contribution in [1.29, 1.82) is 0 Å². The highest BCUT2D eigenvalue weighted by molar-refractivity contribution is 6.65. The Kier molecular flexibility index (Phi) is 8.28. The van der Waals surface area contributed by atoms with Gasteiger partial charge in [0.25, 0.3) is 0 Å². The van der Waals surface area contributed by atoms with E-state index in [1.165, 1.54) is 6.92 Å². The predicted molar refractivity (Wildman–Crippen MR) is 93.3 cm³/mol. The SMILES string of the molecule is CCOC(=O)C(=N\O)/C(C)=N/NC(=O)C(=O)Nc1ccccc1OCC. The lowest BCUT2D eigenvalue weighted by molar-refractivity contribution is -0.136. The predicted octanol–water partition coefficient (Wildman–Crippen LogP) is 0.909. The van der Waals surface area contributed by atoms with Gasteiger partial charge in [0, 0.05) is 0 Å². The second kappa shape index (κ2) is 10.4. The highest BCUT2D eigenvalue weighted by atomic mass is 16.5. The Bertz CT molecular complexity index is 729. The van der Waals surface area contributed by atoms with Crippen LogP contribution < -0.4 is 15.5 Å². The van der Waals surface area contributed by atoms with Gasteiger partial charge in [-0.05, 0) is 32.9 Å². The summed E-state index contributed by atoms with van der Waals surface area (Å²) in [6.07, 6.45) is 0. The second-order valence-corrected chi connectivity index (χ2v) is 4.69. The van der Waals surface area contributed by atoms with Crippen molar-refractivity contribution in [2.45, 2.75) is 20.8 Å². The van der Waals surface area contributed by atoms with Crippen molar-refractivity contribution in [2.75, 3.05) is 18.5 Å². The van der Waals surface area contributed by atoms with Crippen LogP contribution in [0.4, 0.5) is 5.69 Å². The second-order valence-electron chi connectivity index (χ2n) is 4.69. The van der Waals surface area contributed by atoms with E-state index in [1.807, 2.05) is 5.43 Å². The number of hydrogen-bond acceptors (Lipinski definition) is 8. The summed E-state index contributed by atoms with van der Waals surface area (Å²) in [7, 11) is 0. The van der Waals surface area contributed by atoms with Crippen LogP contribution in [0.15, 0.2) is 34.5 Å². The lowest BCUT2D eigenvalue weighted by Gasteiger charge is -2.10. The number of nitrogens with one attached hydrogen (secondary N) is 2. The van der Waals surface area contributed by atoms with Crippen molar-refractivity contribution >= 4 is 34.9 Å². The third-order valence-electron chi connectivity index (χ3n) is 2.88. The van der Waals surface area contributed by atoms with E-state index in [4.69, 9.17) is 9.94 Å². The van der Waals surface area contributed by atoms with Crippen LogP contribution >= 0.6 is 0 Å². The molecule has 0 aromatic heterocycles. The van der Waals surface area contributed by atoms with Gasteiger partial charge in [0.05, 0.1) is 24.6 Å². The molecule has 0 aliphatic heterocycles. The molecule has 1 rings (SSSR count). The topological polar surface area (TPSA) is 139 Å². The smallest absolute Gasteiger partial charge is 0.362 e. The minimum atomic E-state index is -1.09. The van der Waals surface area contributed by atoms with Crippen LogP contribution in [0.25, 0.3) is 0 Å². The maximum absolute atomic E-state index is 11.9. The molecule has 10 heteroatoms. The monoisotopic (exact) mass is 364 g/mol. The van der Waals surface area contributed by atoms with E-state index in [0.29, 0.717) is 18.0 Å². The van der Waals surface area contributed by atoms with Crippen LogP contribution in [0.3, 0.4) is 0 Å². The summed E-state index contributed by atoms with van der Waals surface area (Å²) in [5.41, 5.74) is 1.65. The standard InChI is InChI=1S/C16H20N4O6/c1-4-25-12-9-7-6-8-11(12)17-14(21)15(22)19-18-10(3)13(20-24)16(23)26-5-2/h6-9,24H,4-5H2,1-3H3,(H,17,21)(H,19,22)/b18-10+,20-13-. The Morgan fingerprint density at radius 3 is 2.42 bits per heavy atom. The van der Waals surface area contributed by atoms with Gasteiger partial charge in [0.2, 0.25) is 5.71 Å². The third-order valence-corrected chi connectivity index (χ3v) is 2.88. The van der Waals surface area contributed by atoms with Crippen molar-refractivity contribution in [3.63, 3.8) is 0 Å². The molecule has 0 atom stereocenters. The van der Waals surface area contributed by atoms with E-state index in [2.05, 4.69) is 20.3 Å². The molecule has 1 aromatic rings. The van der Waals surface area contributed by atoms with E-state index in [0.717, 1.165) is 0 Å². The number of rotatable bonds is 7. The van der Waals surface area contributed by atoms with Gasteiger partial charge in [0.15, 0.2) is 0 Å². The van der Waals surface area contributed by atoms with Gasteiger partial charge in [-0.15, -0.1) is 0 Å². The average molecular weight is 364 g/mol. The highest BCUT2D eigenvalue weighted by Crippen LogP contribution is 2.23. The molecule has 0 fully saturated rings. The molecule has 0 spiro atoms. The number of ether oxygens (including phenoxy) is 2.